The highest BCUT2D eigenvalue weighted by Crippen LogP contribution is 2.31. The molecule has 1 aromatic rings. The summed E-state index contributed by atoms with van der Waals surface area (Å²) < 4.78 is 0. The number of hydrogen-bond donors (Lipinski definition) is 2. The highest BCUT2D eigenvalue weighted by atomic mass is 16.2. The molecule has 0 aromatic heterocycles. The molecular formula is C13H17N3O2. The molecule has 5 heteroatoms. The first kappa shape index (κ1) is 12.4. The summed E-state index contributed by atoms with van der Waals surface area (Å²) in [7, 11) is 0. The summed E-state index contributed by atoms with van der Waals surface area (Å²) in [5, 5.41) is 2.35. The van der Waals surface area contributed by atoms with Gasteiger partial charge in [-0.15, -0.1) is 0 Å². The van der Waals surface area contributed by atoms with Crippen molar-refractivity contribution in [1.29, 1.82) is 0 Å². The van der Waals surface area contributed by atoms with Gasteiger partial charge in [0.1, 0.15) is 5.54 Å². The minimum atomic E-state index is -0.771. The molecule has 1 aliphatic heterocycles. The van der Waals surface area contributed by atoms with Crippen LogP contribution in [-0.4, -0.2) is 23.9 Å². The van der Waals surface area contributed by atoms with E-state index in [9.17, 15) is 9.59 Å². The molecule has 1 aromatic carbocycles. The van der Waals surface area contributed by atoms with Crippen molar-refractivity contribution in [2.45, 2.75) is 26.3 Å². The summed E-state index contributed by atoms with van der Waals surface area (Å²) >= 11 is 0. The van der Waals surface area contributed by atoms with Gasteiger partial charge in [0.15, 0.2) is 0 Å². The van der Waals surface area contributed by atoms with Crippen molar-refractivity contribution in [3.05, 3.63) is 23.8 Å². The molecule has 1 aliphatic rings. The summed E-state index contributed by atoms with van der Waals surface area (Å²) in [6, 6.07) is 5.50. The summed E-state index contributed by atoms with van der Waals surface area (Å²) in [5.74, 6) is -0.582. The lowest BCUT2D eigenvalue weighted by atomic mass is 9.96. The highest BCUT2D eigenvalue weighted by molar-refractivity contribution is 6.06. The summed E-state index contributed by atoms with van der Waals surface area (Å²) in [6.07, 6.45) is 0. The first-order valence-electron chi connectivity index (χ1n) is 5.81. The molecule has 96 valence electrons. The number of nitrogens with two attached hydrogens (primary N) is 1. The molecule has 0 aliphatic carbocycles. The number of rotatable bonds is 1. The molecule has 2 rings (SSSR count). The van der Waals surface area contributed by atoms with Crippen LogP contribution in [-0.2, 0) is 9.59 Å². The van der Waals surface area contributed by atoms with Crippen LogP contribution < -0.4 is 16.0 Å². The number of nitrogens with zero attached hydrogens (tertiary/aromatic N) is 1. The van der Waals surface area contributed by atoms with E-state index >= 15 is 0 Å². The molecule has 1 saturated heterocycles. The van der Waals surface area contributed by atoms with E-state index in [0.29, 0.717) is 5.69 Å². The fraction of sp³-hybridized carbons (Fsp3) is 0.385. The number of carbonyl (C=O) groups is 2. The van der Waals surface area contributed by atoms with E-state index in [1.54, 1.807) is 24.8 Å². The number of anilines is 2. The smallest absolute Gasteiger partial charge is 0.251 e. The monoisotopic (exact) mass is 247 g/mol. The van der Waals surface area contributed by atoms with Crippen LogP contribution in [0.5, 0.6) is 0 Å². The number of hydrogen-bond acceptors (Lipinski definition) is 4. The van der Waals surface area contributed by atoms with E-state index in [0.717, 1.165) is 11.3 Å². The Morgan fingerprint density at radius 2 is 2.00 bits per heavy atom. The third-order valence-corrected chi connectivity index (χ3v) is 3.42. The van der Waals surface area contributed by atoms with Crippen molar-refractivity contribution in [3.8, 4) is 0 Å². The molecule has 0 radical (unpaired) electrons. The Hall–Kier alpha value is -2.04. The average Bonchev–Trinajstić information content (AvgIpc) is 2.28. The quantitative estimate of drug-likeness (QED) is 0.569. The van der Waals surface area contributed by atoms with Crippen LogP contribution in [0.4, 0.5) is 11.4 Å². The predicted molar refractivity (Wildman–Crippen MR) is 70.2 cm³/mol. The van der Waals surface area contributed by atoms with E-state index in [2.05, 4.69) is 5.32 Å². The first-order valence-corrected chi connectivity index (χ1v) is 5.81. The first-order chi connectivity index (χ1) is 8.34. The van der Waals surface area contributed by atoms with Gasteiger partial charge in [-0.25, -0.2) is 0 Å². The maximum atomic E-state index is 11.9. The third-order valence-electron chi connectivity index (χ3n) is 3.42. The van der Waals surface area contributed by atoms with Crippen molar-refractivity contribution >= 4 is 23.2 Å². The van der Waals surface area contributed by atoms with Gasteiger partial charge in [0.05, 0.1) is 6.54 Å². The molecule has 0 saturated carbocycles. The Kier molecular flexibility index (Phi) is 2.77. The van der Waals surface area contributed by atoms with E-state index in [4.69, 9.17) is 5.73 Å². The number of nitrogens with one attached hydrogen (secondary N) is 1. The Balaban J connectivity index is 2.51. The Labute approximate surface area is 106 Å². The zero-order chi connectivity index (χ0) is 13.5. The SMILES string of the molecule is Cc1c(N)cccc1N1CC(=O)NC(=O)C1(C)C. The van der Waals surface area contributed by atoms with Crippen molar-refractivity contribution in [2.75, 3.05) is 17.2 Å². The Morgan fingerprint density at radius 3 is 2.67 bits per heavy atom. The number of carbonyl (C=O) groups excluding carboxylic acids is 2. The molecular weight excluding hydrogens is 230 g/mol. The Morgan fingerprint density at radius 1 is 1.33 bits per heavy atom. The minimum Gasteiger partial charge on any atom is -0.398 e. The number of benzene rings is 1. The topological polar surface area (TPSA) is 75.4 Å². The second-order valence-electron chi connectivity index (χ2n) is 5.01. The molecule has 18 heavy (non-hydrogen) atoms. The molecule has 0 atom stereocenters. The standard InChI is InChI=1S/C13H17N3O2/c1-8-9(14)5-4-6-10(8)16-7-11(17)15-12(18)13(16,2)3/h4-6H,7,14H2,1-3H3,(H,15,17,18). The number of imide groups is 1. The van der Waals surface area contributed by atoms with Crippen molar-refractivity contribution < 1.29 is 9.59 Å². The zero-order valence-corrected chi connectivity index (χ0v) is 10.8. The predicted octanol–water partition coefficient (Wildman–Crippen LogP) is 0.819. The van der Waals surface area contributed by atoms with E-state index in [-0.39, 0.29) is 18.4 Å². The molecule has 5 nitrogen and oxygen atoms in total. The summed E-state index contributed by atoms with van der Waals surface area (Å²) in [4.78, 5) is 25.2. The van der Waals surface area contributed by atoms with Gasteiger partial charge in [-0.05, 0) is 38.5 Å². The maximum Gasteiger partial charge on any atom is 0.251 e. The van der Waals surface area contributed by atoms with Crippen LogP contribution in [0.3, 0.4) is 0 Å². The van der Waals surface area contributed by atoms with Crippen molar-refractivity contribution in [2.24, 2.45) is 0 Å². The third kappa shape index (κ3) is 1.81. The van der Waals surface area contributed by atoms with Gasteiger partial charge < -0.3 is 10.6 Å². The Bertz CT molecular complexity index is 523. The van der Waals surface area contributed by atoms with Crippen LogP contribution in [0.1, 0.15) is 19.4 Å². The second-order valence-corrected chi connectivity index (χ2v) is 5.01. The fourth-order valence-electron chi connectivity index (χ4n) is 2.10. The lowest BCUT2D eigenvalue weighted by molar-refractivity contribution is -0.135. The molecule has 1 heterocycles. The zero-order valence-electron chi connectivity index (χ0n) is 10.8. The van der Waals surface area contributed by atoms with Crippen LogP contribution in [0.2, 0.25) is 0 Å². The van der Waals surface area contributed by atoms with Crippen molar-refractivity contribution in [3.63, 3.8) is 0 Å². The van der Waals surface area contributed by atoms with E-state index in [1.165, 1.54) is 0 Å². The number of amides is 2. The largest absolute Gasteiger partial charge is 0.398 e. The fourth-order valence-corrected chi connectivity index (χ4v) is 2.10. The van der Waals surface area contributed by atoms with E-state index < -0.39 is 5.54 Å². The lowest BCUT2D eigenvalue weighted by Gasteiger charge is -2.42. The van der Waals surface area contributed by atoms with Gasteiger partial charge in [-0.2, -0.15) is 0 Å². The molecule has 0 unspecified atom stereocenters. The van der Waals surface area contributed by atoms with Gasteiger partial charge in [0.2, 0.25) is 5.91 Å². The molecule has 0 spiro atoms. The van der Waals surface area contributed by atoms with Crippen LogP contribution in [0, 0.1) is 6.92 Å². The van der Waals surface area contributed by atoms with Crippen molar-refractivity contribution in [1.82, 2.24) is 5.32 Å². The summed E-state index contributed by atoms with van der Waals surface area (Å²) in [5.41, 5.74) is 7.46. The maximum absolute atomic E-state index is 11.9. The summed E-state index contributed by atoms with van der Waals surface area (Å²) in [6.45, 7) is 5.62. The lowest BCUT2D eigenvalue weighted by Crippen LogP contribution is -2.64. The average molecular weight is 247 g/mol. The second kappa shape index (κ2) is 4.01. The minimum absolute atomic E-state index is 0.156. The highest BCUT2D eigenvalue weighted by Gasteiger charge is 2.41. The molecule has 2 amide bonds. The molecule has 0 bridgehead atoms. The van der Waals surface area contributed by atoms with Crippen LogP contribution in [0.25, 0.3) is 0 Å². The molecule has 1 fully saturated rings. The van der Waals surface area contributed by atoms with Gasteiger partial charge in [-0.1, -0.05) is 6.07 Å². The number of piperazine rings is 1. The van der Waals surface area contributed by atoms with Gasteiger partial charge >= 0.3 is 0 Å². The van der Waals surface area contributed by atoms with Gasteiger partial charge in [0, 0.05) is 11.4 Å². The molecule has 3 N–H and O–H groups in total. The normalized spacial score (nSPS) is 18.7. The van der Waals surface area contributed by atoms with Crippen LogP contribution in [0.15, 0.2) is 18.2 Å². The van der Waals surface area contributed by atoms with Gasteiger partial charge in [-0.3, -0.25) is 14.9 Å². The van der Waals surface area contributed by atoms with Gasteiger partial charge in [0.25, 0.3) is 5.91 Å². The number of nitrogen functional groups attached to an aromatic ring is 1. The van der Waals surface area contributed by atoms with Crippen LogP contribution >= 0.6 is 0 Å². The van der Waals surface area contributed by atoms with E-state index in [1.807, 2.05) is 19.1 Å².